The van der Waals surface area contributed by atoms with E-state index in [2.05, 4.69) is 15.4 Å². The van der Waals surface area contributed by atoms with E-state index in [1.807, 2.05) is 30.3 Å². The maximum absolute atomic E-state index is 13.0. The van der Waals surface area contributed by atoms with Gasteiger partial charge >= 0.3 is 0 Å². The molecule has 0 spiro atoms. The number of hydrogen-bond donors (Lipinski definition) is 1. The monoisotopic (exact) mass is 419 g/mol. The summed E-state index contributed by atoms with van der Waals surface area (Å²) in [4.78, 5) is 29.7. The average molecular weight is 420 g/mol. The largest absolute Gasteiger partial charge is 0.326 e. The molecule has 2 amide bonds. The number of aromatic nitrogens is 3. The lowest BCUT2D eigenvalue weighted by atomic mass is 10.1. The number of carbonyl (C=O) groups excluding carboxylic acids is 2. The minimum Gasteiger partial charge on any atom is -0.326 e. The summed E-state index contributed by atoms with van der Waals surface area (Å²) in [6.45, 7) is 1.47. The van der Waals surface area contributed by atoms with Gasteiger partial charge in [-0.2, -0.15) is 5.10 Å². The Hall–Kier alpha value is -3.71. The van der Waals surface area contributed by atoms with Gasteiger partial charge in [0.15, 0.2) is 0 Å². The van der Waals surface area contributed by atoms with E-state index in [1.165, 1.54) is 11.8 Å². The molecule has 0 bridgehead atoms. The second kappa shape index (κ2) is 7.96. The van der Waals surface area contributed by atoms with Crippen molar-refractivity contribution in [3.8, 4) is 11.1 Å². The zero-order valence-corrected chi connectivity index (χ0v) is 17.1. The fourth-order valence-electron chi connectivity index (χ4n) is 3.15. The number of nitrogens with one attached hydrogen (secondary N) is 1. The second-order valence-electron chi connectivity index (χ2n) is 6.77. The first-order chi connectivity index (χ1) is 14.4. The van der Waals surface area contributed by atoms with Crippen LogP contribution in [0.3, 0.4) is 0 Å². The third-order valence-corrected chi connectivity index (χ3v) is 4.91. The van der Waals surface area contributed by atoms with E-state index < -0.39 is 0 Å². The summed E-state index contributed by atoms with van der Waals surface area (Å²) in [5.74, 6) is -0.295. The quantitative estimate of drug-likeness (QED) is 0.500. The Balaban J connectivity index is 1.66. The van der Waals surface area contributed by atoms with E-state index in [1.54, 1.807) is 48.4 Å². The molecular formula is C22H18ClN5O2. The van der Waals surface area contributed by atoms with E-state index in [9.17, 15) is 9.59 Å². The van der Waals surface area contributed by atoms with Gasteiger partial charge in [-0.05, 0) is 42.0 Å². The summed E-state index contributed by atoms with van der Waals surface area (Å²) in [7, 11) is 1.69. The molecule has 3 heterocycles. The molecule has 0 aliphatic heterocycles. The fraction of sp³-hybridized carbons (Fsp3) is 0.0909. The smallest absolute Gasteiger partial charge is 0.258 e. The van der Waals surface area contributed by atoms with Crippen molar-refractivity contribution in [2.75, 3.05) is 17.3 Å². The minimum atomic E-state index is -0.172. The van der Waals surface area contributed by atoms with Gasteiger partial charge in [0.25, 0.3) is 5.91 Å². The summed E-state index contributed by atoms with van der Waals surface area (Å²) in [5.41, 5.74) is 4.50. The zero-order valence-electron chi connectivity index (χ0n) is 16.3. The fourth-order valence-corrected chi connectivity index (χ4v) is 3.26. The normalized spacial score (nSPS) is 10.8. The van der Waals surface area contributed by atoms with E-state index >= 15 is 0 Å². The summed E-state index contributed by atoms with van der Waals surface area (Å²) < 4.78 is 1.72. The van der Waals surface area contributed by atoms with Gasteiger partial charge in [-0.25, -0.2) is 9.50 Å². The second-order valence-corrected chi connectivity index (χ2v) is 7.15. The van der Waals surface area contributed by atoms with Gasteiger partial charge in [0, 0.05) is 37.0 Å². The Morgan fingerprint density at radius 1 is 1.07 bits per heavy atom. The molecule has 3 aromatic heterocycles. The highest BCUT2D eigenvalue weighted by molar-refractivity contribution is 6.29. The van der Waals surface area contributed by atoms with Crippen molar-refractivity contribution in [1.29, 1.82) is 0 Å². The predicted octanol–water partition coefficient (Wildman–Crippen LogP) is 4.28. The Morgan fingerprint density at radius 3 is 2.50 bits per heavy atom. The molecule has 0 aliphatic carbocycles. The topological polar surface area (TPSA) is 79.6 Å². The first-order valence-corrected chi connectivity index (χ1v) is 9.55. The highest BCUT2D eigenvalue weighted by Crippen LogP contribution is 2.27. The molecule has 0 fully saturated rings. The number of rotatable bonds is 4. The van der Waals surface area contributed by atoms with Crippen LogP contribution in [0, 0.1) is 0 Å². The first-order valence-electron chi connectivity index (χ1n) is 9.17. The zero-order chi connectivity index (χ0) is 21.3. The van der Waals surface area contributed by atoms with Gasteiger partial charge < -0.3 is 10.2 Å². The molecule has 0 radical (unpaired) electrons. The van der Waals surface area contributed by atoms with Crippen molar-refractivity contribution in [1.82, 2.24) is 14.6 Å². The number of carbonyl (C=O) groups is 2. The van der Waals surface area contributed by atoms with Gasteiger partial charge in [-0.1, -0.05) is 23.7 Å². The first kappa shape index (κ1) is 19.6. The number of hydrogen-bond acceptors (Lipinski definition) is 4. The Labute approximate surface area is 177 Å². The molecule has 0 unspecified atom stereocenters. The maximum Gasteiger partial charge on any atom is 0.258 e. The molecule has 0 aliphatic rings. The van der Waals surface area contributed by atoms with Gasteiger partial charge in [-0.3, -0.25) is 9.59 Å². The Kier molecular flexibility index (Phi) is 5.20. The van der Waals surface area contributed by atoms with Crippen molar-refractivity contribution in [2.45, 2.75) is 6.92 Å². The third-order valence-electron chi connectivity index (χ3n) is 4.69. The molecule has 150 valence electrons. The molecule has 1 N–H and O–H groups in total. The van der Waals surface area contributed by atoms with Gasteiger partial charge in [0.05, 0.1) is 23.6 Å². The van der Waals surface area contributed by atoms with Crippen molar-refractivity contribution < 1.29 is 9.59 Å². The average Bonchev–Trinajstić information content (AvgIpc) is 3.16. The SMILES string of the molecule is CC(=O)Nc1ccc(-c2cnn3ccc(C(=O)N(C)c4ccc(Cl)nc4)cc23)cc1. The molecule has 4 rings (SSSR count). The molecule has 30 heavy (non-hydrogen) atoms. The predicted molar refractivity (Wildman–Crippen MR) is 117 cm³/mol. The maximum atomic E-state index is 13.0. The number of nitrogens with zero attached hydrogens (tertiary/aromatic N) is 4. The van der Waals surface area contributed by atoms with Crippen molar-refractivity contribution in [2.24, 2.45) is 0 Å². The number of halogens is 1. The molecule has 1 aromatic carbocycles. The van der Waals surface area contributed by atoms with Crippen molar-refractivity contribution >= 4 is 40.3 Å². The standard InChI is InChI=1S/C22H18ClN5O2/c1-14(29)26-17-5-3-15(4-6-17)19-13-25-28-10-9-16(11-20(19)28)22(30)27(2)18-7-8-21(23)24-12-18/h3-13H,1-2H3,(H,26,29). The van der Waals surface area contributed by atoms with Crippen LogP contribution in [-0.2, 0) is 4.79 Å². The van der Waals surface area contributed by atoms with Crippen LogP contribution in [0.1, 0.15) is 17.3 Å². The van der Waals surface area contributed by atoms with E-state index in [4.69, 9.17) is 11.6 Å². The van der Waals surface area contributed by atoms with E-state index in [0.29, 0.717) is 16.4 Å². The molecule has 0 saturated carbocycles. The molecular weight excluding hydrogens is 402 g/mol. The molecule has 0 saturated heterocycles. The highest BCUT2D eigenvalue weighted by atomic mass is 35.5. The summed E-state index contributed by atoms with van der Waals surface area (Å²) >= 11 is 5.83. The highest BCUT2D eigenvalue weighted by Gasteiger charge is 2.16. The van der Waals surface area contributed by atoms with Gasteiger partial charge in [-0.15, -0.1) is 0 Å². The van der Waals surface area contributed by atoms with Crippen LogP contribution >= 0.6 is 11.6 Å². The number of amides is 2. The lowest BCUT2D eigenvalue weighted by Crippen LogP contribution is -2.26. The van der Waals surface area contributed by atoms with Crippen LogP contribution in [0.15, 0.2) is 67.1 Å². The van der Waals surface area contributed by atoms with Crippen LogP contribution in [0.4, 0.5) is 11.4 Å². The third kappa shape index (κ3) is 3.88. The Morgan fingerprint density at radius 2 is 1.83 bits per heavy atom. The van der Waals surface area contributed by atoms with Crippen molar-refractivity contribution in [3.63, 3.8) is 0 Å². The van der Waals surface area contributed by atoms with E-state index in [-0.39, 0.29) is 11.8 Å². The van der Waals surface area contributed by atoms with Crippen LogP contribution in [0.2, 0.25) is 5.15 Å². The molecule has 0 atom stereocenters. The minimum absolute atomic E-state index is 0.123. The number of fused-ring (bicyclic) bond motifs is 1. The molecule has 7 nitrogen and oxygen atoms in total. The van der Waals surface area contributed by atoms with Crippen LogP contribution in [0.25, 0.3) is 16.6 Å². The number of anilines is 2. The summed E-state index contributed by atoms with van der Waals surface area (Å²) in [6, 6.07) is 14.4. The van der Waals surface area contributed by atoms with Crippen molar-refractivity contribution in [3.05, 3.63) is 77.8 Å². The molecule has 8 heteroatoms. The lowest BCUT2D eigenvalue weighted by Gasteiger charge is -2.17. The lowest BCUT2D eigenvalue weighted by molar-refractivity contribution is -0.114. The van der Waals surface area contributed by atoms with Crippen LogP contribution < -0.4 is 10.2 Å². The van der Waals surface area contributed by atoms with Crippen LogP contribution in [-0.4, -0.2) is 33.5 Å². The van der Waals surface area contributed by atoms with E-state index in [0.717, 1.165) is 22.3 Å². The number of benzene rings is 1. The Bertz CT molecular complexity index is 1230. The van der Waals surface area contributed by atoms with Gasteiger partial charge in [0.1, 0.15) is 5.15 Å². The van der Waals surface area contributed by atoms with Gasteiger partial charge in [0.2, 0.25) is 5.91 Å². The molecule has 4 aromatic rings. The summed E-state index contributed by atoms with van der Waals surface area (Å²) in [5, 5.41) is 7.49. The summed E-state index contributed by atoms with van der Waals surface area (Å²) in [6.07, 6.45) is 5.06. The number of pyridine rings is 2. The van der Waals surface area contributed by atoms with Crippen LogP contribution in [0.5, 0.6) is 0 Å².